The molecule has 0 aromatic heterocycles. The first-order valence-corrected chi connectivity index (χ1v) is 6.73. The summed E-state index contributed by atoms with van der Waals surface area (Å²) in [6.07, 6.45) is 9.48. The smallest absolute Gasteiger partial charge is 0.335 e. The molecule has 2 atom stereocenters. The van der Waals surface area contributed by atoms with Crippen molar-refractivity contribution in [2.75, 3.05) is 6.54 Å². The number of carboxylic acid groups (broad SMARTS) is 1. The molecule has 1 spiro atoms. The van der Waals surface area contributed by atoms with Crippen molar-refractivity contribution in [2.45, 2.75) is 6.42 Å². The Kier molecular flexibility index (Phi) is 2.19. The molecule has 4 nitrogen and oxygen atoms in total. The Morgan fingerprint density at radius 3 is 3.05 bits per heavy atom. The van der Waals surface area contributed by atoms with E-state index in [0.29, 0.717) is 11.5 Å². The lowest BCUT2D eigenvalue weighted by Crippen LogP contribution is -2.35. The summed E-state index contributed by atoms with van der Waals surface area (Å²) in [6, 6.07) is 5.32. The Labute approximate surface area is 115 Å². The SMILES string of the molecule is O=C(O)c1ccc2c(c1)=CC1(C=2)CN=C2NC=CCC21. The van der Waals surface area contributed by atoms with Crippen LogP contribution in [0.1, 0.15) is 16.8 Å². The standard InChI is InChI=1S/C16H14N2O2/c19-15(20)10-3-4-11-7-16(8-12(11)6-10)9-18-14-13(16)2-1-5-17-14/h1,3-8,13H,2,9H2,(H,17,18)(H,19,20). The van der Waals surface area contributed by atoms with E-state index in [2.05, 4.69) is 28.5 Å². The van der Waals surface area contributed by atoms with E-state index >= 15 is 0 Å². The third-order valence-corrected chi connectivity index (χ3v) is 4.41. The zero-order valence-electron chi connectivity index (χ0n) is 10.8. The molecule has 1 aromatic carbocycles. The zero-order valence-corrected chi connectivity index (χ0v) is 10.8. The Morgan fingerprint density at radius 1 is 1.35 bits per heavy atom. The van der Waals surface area contributed by atoms with Crippen LogP contribution >= 0.6 is 0 Å². The molecule has 0 fully saturated rings. The van der Waals surface area contributed by atoms with Gasteiger partial charge in [-0.1, -0.05) is 24.3 Å². The molecule has 2 N–H and O–H groups in total. The first-order valence-electron chi connectivity index (χ1n) is 6.73. The summed E-state index contributed by atoms with van der Waals surface area (Å²) in [5.74, 6) is 0.507. The van der Waals surface area contributed by atoms with E-state index in [1.54, 1.807) is 12.1 Å². The van der Waals surface area contributed by atoms with Crippen LogP contribution in [0.5, 0.6) is 0 Å². The van der Waals surface area contributed by atoms with Crippen molar-refractivity contribution in [1.29, 1.82) is 0 Å². The summed E-state index contributed by atoms with van der Waals surface area (Å²) < 4.78 is 0. The Bertz CT molecular complexity index is 791. The highest BCUT2D eigenvalue weighted by Gasteiger charge is 2.43. The number of aromatic carboxylic acids is 1. The normalized spacial score (nSPS) is 29.0. The van der Waals surface area contributed by atoms with Crippen LogP contribution in [0.2, 0.25) is 0 Å². The third kappa shape index (κ3) is 1.48. The van der Waals surface area contributed by atoms with Crippen molar-refractivity contribution in [2.24, 2.45) is 16.3 Å². The molecule has 0 amide bonds. The van der Waals surface area contributed by atoms with Crippen LogP contribution in [-0.4, -0.2) is 23.5 Å². The van der Waals surface area contributed by atoms with Gasteiger partial charge in [-0.05, 0) is 35.2 Å². The summed E-state index contributed by atoms with van der Waals surface area (Å²) in [5, 5.41) is 14.4. The van der Waals surface area contributed by atoms with Crippen LogP contribution < -0.4 is 15.8 Å². The van der Waals surface area contributed by atoms with Gasteiger partial charge in [0.15, 0.2) is 0 Å². The number of hydrogen-bond donors (Lipinski definition) is 2. The molecule has 0 radical (unpaired) electrons. The molecule has 4 rings (SSSR count). The number of carbonyl (C=O) groups is 1. The fourth-order valence-corrected chi connectivity index (χ4v) is 3.40. The third-order valence-electron chi connectivity index (χ3n) is 4.41. The van der Waals surface area contributed by atoms with Gasteiger partial charge >= 0.3 is 5.97 Å². The van der Waals surface area contributed by atoms with E-state index in [0.717, 1.165) is 29.2 Å². The van der Waals surface area contributed by atoms with E-state index in [9.17, 15) is 4.79 Å². The van der Waals surface area contributed by atoms with Gasteiger partial charge in [-0.15, -0.1) is 0 Å². The van der Waals surface area contributed by atoms with Crippen molar-refractivity contribution >= 4 is 24.0 Å². The van der Waals surface area contributed by atoms with Crippen LogP contribution in [0.15, 0.2) is 35.5 Å². The highest BCUT2D eigenvalue weighted by molar-refractivity contribution is 5.93. The quantitative estimate of drug-likeness (QED) is 0.777. The zero-order chi connectivity index (χ0) is 13.7. The average molecular weight is 266 g/mol. The lowest BCUT2D eigenvalue weighted by Gasteiger charge is -2.29. The van der Waals surface area contributed by atoms with Gasteiger partial charge in [0.2, 0.25) is 0 Å². The van der Waals surface area contributed by atoms with Gasteiger partial charge in [0.05, 0.1) is 12.1 Å². The molecule has 0 saturated heterocycles. The Morgan fingerprint density at radius 2 is 2.20 bits per heavy atom. The summed E-state index contributed by atoms with van der Waals surface area (Å²) >= 11 is 0. The maximum Gasteiger partial charge on any atom is 0.335 e. The molecule has 1 aliphatic carbocycles. The number of rotatable bonds is 1. The van der Waals surface area contributed by atoms with E-state index in [1.165, 1.54) is 0 Å². The molecule has 1 aromatic rings. The van der Waals surface area contributed by atoms with E-state index < -0.39 is 5.97 Å². The number of hydrogen-bond acceptors (Lipinski definition) is 3. The molecule has 100 valence electrons. The summed E-state index contributed by atoms with van der Waals surface area (Å²) in [5.41, 5.74) is 0.248. The van der Waals surface area contributed by atoms with E-state index in [-0.39, 0.29) is 5.41 Å². The lowest BCUT2D eigenvalue weighted by molar-refractivity contribution is 0.0697. The van der Waals surface area contributed by atoms with Gasteiger partial charge in [0, 0.05) is 11.3 Å². The number of fused-ring (bicyclic) bond motifs is 3. The van der Waals surface area contributed by atoms with E-state index in [1.807, 2.05) is 12.3 Å². The molecule has 20 heavy (non-hydrogen) atoms. The molecule has 0 bridgehead atoms. The number of carboxylic acids is 1. The Balaban J connectivity index is 1.83. The first kappa shape index (κ1) is 11.5. The minimum absolute atomic E-state index is 0.0907. The van der Waals surface area contributed by atoms with Crippen LogP contribution in [0.3, 0.4) is 0 Å². The molecule has 2 heterocycles. The number of allylic oxidation sites excluding steroid dienone is 1. The molecule has 4 heteroatoms. The van der Waals surface area contributed by atoms with Crippen LogP contribution in [-0.2, 0) is 0 Å². The summed E-state index contributed by atoms with van der Waals surface area (Å²) in [6.45, 7) is 0.735. The molecule has 2 unspecified atom stereocenters. The lowest BCUT2D eigenvalue weighted by atomic mass is 9.75. The molecular weight excluding hydrogens is 252 g/mol. The number of amidine groups is 1. The predicted molar refractivity (Wildman–Crippen MR) is 76.7 cm³/mol. The summed E-state index contributed by atoms with van der Waals surface area (Å²) in [7, 11) is 0. The maximum absolute atomic E-state index is 11.1. The number of benzene rings is 1. The second-order valence-corrected chi connectivity index (χ2v) is 5.59. The minimum atomic E-state index is -0.882. The number of nitrogens with one attached hydrogen (secondary N) is 1. The van der Waals surface area contributed by atoms with Crippen LogP contribution in [0.25, 0.3) is 12.2 Å². The highest BCUT2D eigenvalue weighted by Crippen LogP contribution is 2.42. The maximum atomic E-state index is 11.1. The highest BCUT2D eigenvalue weighted by atomic mass is 16.4. The first-order chi connectivity index (χ1) is 9.68. The molecular formula is C16H14N2O2. The average Bonchev–Trinajstić information content (AvgIpc) is 3.00. The van der Waals surface area contributed by atoms with E-state index in [4.69, 9.17) is 5.11 Å². The number of nitrogens with zero attached hydrogens (tertiary/aromatic N) is 1. The van der Waals surface area contributed by atoms with Crippen LogP contribution in [0, 0.1) is 11.3 Å². The second-order valence-electron chi connectivity index (χ2n) is 5.59. The molecule has 3 aliphatic rings. The van der Waals surface area contributed by atoms with Gasteiger partial charge in [0.1, 0.15) is 5.84 Å². The minimum Gasteiger partial charge on any atom is -0.478 e. The van der Waals surface area contributed by atoms with Crippen molar-refractivity contribution in [3.63, 3.8) is 0 Å². The molecule has 0 saturated carbocycles. The van der Waals surface area contributed by atoms with Crippen molar-refractivity contribution in [3.8, 4) is 0 Å². The molecule has 2 aliphatic heterocycles. The van der Waals surface area contributed by atoms with Gasteiger partial charge < -0.3 is 10.4 Å². The predicted octanol–water partition coefficient (Wildman–Crippen LogP) is 0.481. The second kappa shape index (κ2) is 3.82. The largest absolute Gasteiger partial charge is 0.478 e. The van der Waals surface area contributed by atoms with Gasteiger partial charge in [0.25, 0.3) is 0 Å². The van der Waals surface area contributed by atoms with Gasteiger partial charge in [-0.3, -0.25) is 4.99 Å². The fourth-order valence-electron chi connectivity index (χ4n) is 3.40. The fraction of sp³-hybridized carbons (Fsp3) is 0.250. The monoisotopic (exact) mass is 266 g/mol. The number of aliphatic imine (C=N–C) groups is 1. The summed E-state index contributed by atoms with van der Waals surface area (Å²) in [4.78, 5) is 15.7. The van der Waals surface area contributed by atoms with Crippen molar-refractivity contribution < 1.29 is 9.90 Å². The topological polar surface area (TPSA) is 61.7 Å². The van der Waals surface area contributed by atoms with Crippen LogP contribution in [0.4, 0.5) is 0 Å². The van der Waals surface area contributed by atoms with Gasteiger partial charge in [-0.2, -0.15) is 0 Å². The van der Waals surface area contributed by atoms with Crippen molar-refractivity contribution in [3.05, 3.63) is 46.5 Å². The Hall–Kier alpha value is -2.36. The van der Waals surface area contributed by atoms with Gasteiger partial charge in [-0.25, -0.2) is 4.79 Å². The van der Waals surface area contributed by atoms with Crippen molar-refractivity contribution in [1.82, 2.24) is 5.32 Å².